The summed E-state index contributed by atoms with van der Waals surface area (Å²) in [6, 6.07) is -2.99. The van der Waals surface area contributed by atoms with E-state index in [9.17, 15) is 19.2 Å². The fraction of sp³-hybridized carbons (Fsp3) is 0.714. The van der Waals surface area contributed by atoms with E-state index < -0.39 is 41.8 Å². The highest BCUT2D eigenvalue weighted by Gasteiger charge is 2.26. The highest BCUT2D eigenvalue weighted by atomic mass is 32.1. The quantitative estimate of drug-likeness (QED) is 0.146. The van der Waals surface area contributed by atoms with Crippen molar-refractivity contribution in [2.45, 2.75) is 44.3 Å². The van der Waals surface area contributed by atoms with Gasteiger partial charge < -0.3 is 32.5 Å². The van der Waals surface area contributed by atoms with Crippen LogP contribution in [0, 0.1) is 0 Å². The maximum atomic E-state index is 12.1. The summed E-state index contributed by atoms with van der Waals surface area (Å²) in [6.45, 7) is 1.56. The predicted molar refractivity (Wildman–Crippen MR) is 94.9 cm³/mol. The third kappa shape index (κ3) is 9.27. The average Bonchev–Trinajstić information content (AvgIpc) is 2.57. The van der Waals surface area contributed by atoms with Crippen molar-refractivity contribution in [3.63, 3.8) is 0 Å². The molecule has 0 heterocycles. The summed E-state index contributed by atoms with van der Waals surface area (Å²) in [5.41, 5.74) is 10.5. The van der Waals surface area contributed by atoms with Crippen molar-refractivity contribution >= 4 is 36.3 Å². The Bertz CT molecular complexity index is 477. The van der Waals surface area contributed by atoms with Crippen LogP contribution in [-0.4, -0.2) is 65.8 Å². The number of unbranched alkanes of at least 4 members (excludes halogenated alkanes) is 1. The Morgan fingerprint density at radius 2 is 1.64 bits per heavy atom. The Balaban J connectivity index is 4.62. The molecule has 10 nitrogen and oxygen atoms in total. The third-order valence-electron chi connectivity index (χ3n) is 3.33. The predicted octanol–water partition coefficient (Wildman–Crippen LogP) is -2.44. The molecule has 3 unspecified atom stereocenters. The molecule has 144 valence electrons. The smallest absolute Gasteiger partial charge is 0.326 e. The number of thiol groups is 1. The molecule has 3 atom stereocenters. The van der Waals surface area contributed by atoms with Crippen LogP contribution < -0.4 is 27.4 Å². The zero-order chi connectivity index (χ0) is 19.4. The molecule has 25 heavy (non-hydrogen) atoms. The summed E-state index contributed by atoms with van der Waals surface area (Å²) in [7, 11) is 0. The Morgan fingerprint density at radius 3 is 2.12 bits per heavy atom. The van der Waals surface area contributed by atoms with Crippen LogP contribution in [0.1, 0.15) is 26.2 Å². The van der Waals surface area contributed by atoms with Gasteiger partial charge in [-0.1, -0.05) is 0 Å². The molecule has 0 bridgehead atoms. The first kappa shape index (κ1) is 23.1. The monoisotopic (exact) mass is 377 g/mol. The molecule has 0 spiro atoms. The molecule has 0 radical (unpaired) electrons. The lowest BCUT2D eigenvalue weighted by Gasteiger charge is -2.21. The first-order valence-corrected chi connectivity index (χ1v) is 8.53. The first-order valence-electron chi connectivity index (χ1n) is 7.90. The average molecular weight is 377 g/mol. The number of carbonyl (C=O) groups is 4. The van der Waals surface area contributed by atoms with Crippen LogP contribution in [0.25, 0.3) is 0 Å². The molecule has 11 heteroatoms. The van der Waals surface area contributed by atoms with Crippen molar-refractivity contribution in [1.29, 1.82) is 0 Å². The second kappa shape index (κ2) is 12.5. The molecular formula is C14H27N5O5S. The number of nitrogens with two attached hydrogens (primary N) is 2. The van der Waals surface area contributed by atoms with Crippen LogP contribution >= 0.6 is 12.6 Å². The van der Waals surface area contributed by atoms with Gasteiger partial charge in [0.05, 0.1) is 6.54 Å². The fourth-order valence-corrected chi connectivity index (χ4v) is 2.13. The van der Waals surface area contributed by atoms with E-state index >= 15 is 0 Å². The van der Waals surface area contributed by atoms with Crippen molar-refractivity contribution in [3.8, 4) is 0 Å². The molecule has 0 aliphatic heterocycles. The number of amides is 3. The van der Waals surface area contributed by atoms with Crippen molar-refractivity contribution < 1.29 is 24.3 Å². The van der Waals surface area contributed by atoms with Gasteiger partial charge in [-0.15, -0.1) is 0 Å². The van der Waals surface area contributed by atoms with Gasteiger partial charge in [0.15, 0.2) is 0 Å². The summed E-state index contributed by atoms with van der Waals surface area (Å²) in [6.07, 6.45) is 1.45. The van der Waals surface area contributed by atoms with Crippen molar-refractivity contribution in [2.75, 3.05) is 18.8 Å². The zero-order valence-corrected chi connectivity index (χ0v) is 15.1. The van der Waals surface area contributed by atoms with Gasteiger partial charge in [-0.2, -0.15) is 12.6 Å². The van der Waals surface area contributed by atoms with Crippen molar-refractivity contribution in [3.05, 3.63) is 0 Å². The van der Waals surface area contributed by atoms with Gasteiger partial charge in [0.2, 0.25) is 17.7 Å². The second-order valence-electron chi connectivity index (χ2n) is 5.42. The Kier molecular flexibility index (Phi) is 11.6. The number of carboxylic acids is 1. The lowest BCUT2D eigenvalue weighted by molar-refractivity contribution is -0.142. The normalized spacial score (nSPS) is 14.1. The highest BCUT2D eigenvalue weighted by molar-refractivity contribution is 7.80. The second-order valence-corrected chi connectivity index (χ2v) is 5.79. The molecule has 0 aromatic rings. The maximum Gasteiger partial charge on any atom is 0.326 e. The van der Waals surface area contributed by atoms with E-state index in [1.54, 1.807) is 0 Å². The third-order valence-corrected chi connectivity index (χ3v) is 3.70. The van der Waals surface area contributed by atoms with Crippen molar-refractivity contribution in [1.82, 2.24) is 16.0 Å². The zero-order valence-electron chi connectivity index (χ0n) is 14.2. The summed E-state index contributed by atoms with van der Waals surface area (Å²) in [4.78, 5) is 46.5. The van der Waals surface area contributed by atoms with E-state index in [2.05, 4.69) is 28.6 Å². The largest absolute Gasteiger partial charge is 0.480 e. The van der Waals surface area contributed by atoms with Gasteiger partial charge in [-0.05, 0) is 32.7 Å². The van der Waals surface area contributed by atoms with E-state index in [0.29, 0.717) is 19.4 Å². The molecule has 0 aromatic heterocycles. The Hall–Kier alpha value is -1.85. The van der Waals surface area contributed by atoms with Gasteiger partial charge in [0.25, 0.3) is 0 Å². The summed E-state index contributed by atoms with van der Waals surface area (Å²) < 4.78 is 0. The molecule has 0 rings (SSSR count). The Morgan fingerprint density at radius 1 is 1.00 bits per heavy atom. The summed E-state index contributed by atoms with van der Waals surface area (Å²) in [5, 5.41) is 16.3. The molecule has 0 fully saturated rings. The lowest BCUT2D eigenvalue weighted by Crippen LogP contribution is -2.55. The number of nitrogens with one attached hydrogen (secondary N) is 3. The molecule has 0 saturated heterocycles. The fourth-order valence-electron chi connectivity index (χ4n) is 1.87. The number of hydrogen-bond donors (Lipinski definition) is 7. The van der Waals surface area contributed by atoms with Crippen LogP contribution in [0.4, 0.5) is 0 Å². The standard InChI is InChI=1S/C14H27N5O5S/c1-8(17-13(22)10(7-25)18-11(20)6-16)12(21)19-9(14(23)24)4-2-3-5-15/h8-10,25H,2-7,15-16H2,1H3,(H,17,22)(H,18,20)(H,19,21)(H,23,24). The van der Waals surface area contributed by atoms with E-state index in [0.717, 1.165) is 0 Å². The maximum absolute atomic E-state index is 12.1. The molecular weight excluding hydrogens is 350 g/mol. The summed E-state index contributed by atoms with van der Waals surface area (Å²) in [5.74, 6) is -2.93. The Labute approximate surface area is 151 Å². The molecule has 0 saturated carbocycles. The lowest BCUT2D eigenvalue weighted by atomic mass is 10.1. The van der Waals surface area contributed by atoms with Crippen LogP contribution in [-0.2, 0) is 19.2 Å². The van der Waals surface area contributed by atoms with E-state index in [-0.39, 0.29) is 18.7 Å². The van der Waals surface area contributed by atoms with Crippen LogP contribution in [0.5, 0.6) is 0 Å². The van der Waals surface area contributed by atoms with Crippen LogP contribution in [0.3, 0.4) is 0 Å². The van der Waals surface area contributed by atoms with Crippen LogP contribution in [0.15, 0.2) is 0 Å². The van der Waals surface area contributed by atoms with E-state index in [4.69, 9.17) is 16.6 Å². The SMILES string of the molecule is CC(NC(=O)C(CS)NC(=O)CN)C(=O)NC(CCCCN)C(=O)O. The van der Waals surface area contributed by atoms with Gasteiger partial charge in [0.1, 0.15) is 18.1 Å². The molecule has 3 amide bonds. The van der Waals surface area contributed by atoms with E-state index in [1.165, 1.54) is 6.92 Å². The number of hydrogen-bond acceptors (Lipinski definition) is 7. The number of carbonyl (C=O) groups excluding carboxylic acids is 3. The number of carboxylic acid groups (broad SMARTS) is 1. The minimum atomic E-state index is -1.16. The van der Waals surface area contributed by atoms with Gasteiger partial charge >= 0.3 is 5.97 Å². The van der Waals surface area contributed by atoms with Gasteiger partial charge in [0, 0.05) is 5.75 Å². The molecule has 0 aromatic carbocycles. The van der Waals surface area contributed by atoms with Gasteiger partial charge in [-0.25, -0.2) is 4.79 Å². The molecule has 8 N–H and O–H groups in total. The van der Waals surface area contributed by atoms with Gasteiger partial charge in [-0.3, -0.25) is 14.4 Å². The highest BCUT2D eigenvalue weighted by Crippen LogP contribution is 2.01. The topological polar surface area (TPSA) is 177 Å². The van der Waals surface area contributed by atoms with Crippen molar-refractivity contribution in [2.24, 2.45) is 11.5 Å². The molecule has 0 aliphatic rings. The van der Waals surface area contributed by atoms with E-state index in [1.807, 2.05) is 0 Å². The number of aliphatic carboxylic acids is 1. The first-order chi connectivity index (χ1) is 11.8. The number of rotatable bonds is 12. The molecule has 0 aliphatic carbocycles. The minimum absolute atomic E-state index is 0.0166. The van der Waals surface area contributed by atoms with Crippen LogP contribution in [0.2, 0.25) is 0 Å². The summed E-state index contributed by atoms with van der Waals surface area (Å²) >= 11 is 3.97. The minimum Gasteiger partial charge on any atom is -0.480 e.